The topological polar surface area (TPSA) is 114 Å². The first-order valence-corrected chi connectivity index (χ1v) is 12.3. The van der Waals surface area contributed by atoms with E-state index in [9.17, 15) is 28.7 Å². The zero-order valence-corrected chi connectivity index (χ0v) is 22.0. The van der Waals surface area contributed by atoms with Gasteiger partial charge >= 0.3 is 12.0 Å². The van der Waals surface area contributed by atoms with Crippen molar-refractivity contribution in [3.05, 3.63) is 71.5 Å². The average Bonchev–Trinajstić information content (AvgIpc) is 2.87. The van der Waals surface area contributed by atoms with Crippen LogP contribution in [0.1, 0.15) is 37.3 Å². The molecule has 1 unspecified atom stereocenters. The number of carboxylic acids is 1. The predicted octanol–water partition coefficient (Wildman–Crippen LogP) is 2.48. The number of hydrazine groups is 1. The number of carbonyl (C=O) groups is 4. The van der Waals surface area contributed by atoms with Crippen molar-refractivity contribution in [2.75, 3.05) is 27.2 Å². The van der Waals surface area contributed by atoms with Gasteiger partial charge in [-0.2, -0.15) is 0 Å². The van der Waals surface area contributed by atoms with Gasteiger partial charge in [-0.05, 0) is 36.1 Å². The van der Waals surface area contributed by atoms with Crippen LogP contribution < -0.4 is 5.32 Å². The van der Waals surface area contributed by atoms with E-state index in [-0.39, 0.29) is 19.0 Å². The smallest absolute Gasteiger partial charge is 0.334 e. The molecule has 11 heteroatoms. The molecule has 38 heavy (non-hydrogen) atoms. The molecule has 3 rings (SSSR count). The molecule has 10 nitrogen and oxygen atoms in total. The summed E-state index contributed by atoms with van der Waals surface area (Å²) in [5.41, 5.74) is 1.70. The number of carbonyl (C=O) groups excluding carboxylic acids is 3. The highest BCUT2D eigenvalue weighted by atomic mass is 19.1. The number of nitrogens with one attached hydrogen (secondary N) is 1. The minimum atomic E-state index is -1.30. The van der Waals surface area contributed by atoms with Crippen molar-refractivity contribution in [2.45, 2.75) is 44.9 Å². The zero-order valence-electron chi connectivity index (χ0n) is 22.0. The summed E-state index contributed by atoms with van der Waals surface area (Å²) in [7, 11) is 3.14. The molecule has 0 spiro atoms. The van der Waals surface area contributed by atoms with Gasteiger partial charge in [-0.3, -0.25) is 14.4 Å². The zero-order chi connectivity index (χ0) is 28.0. The maximum Gasteiger partial charge on any atom is 0.334 e. The van der Waals surface area contributed by atoms with Gasteiger partial charge in [-0.25, -0.2) is 19.2 Å². The van der Waals surface area contributed by atoms with Gasteiger partial charge in [-0.1, -0.05) is 49.4 Å². The first-order valence-electron chi connectivity index (χ1n) is 12.3. The molecule has 4 amide bonds. The van der Waals surface area contributed by atoms with Crippen LogP contribution in [-0.4, -0.2) is 88.1 Å². The molecule has 0 aliphatic carbocycles. The van der Waals surface area contributed by atoms with Crippen molar-refractivity contribution in [3.63, 3.8) is 0 Å². The largest absolute Gasteiger partial charge is 0.481 e. The number of benzene rings is 2. The number of hydrogen-bond donors (Lipinski definition) is 2. The molecule has 1 fully saturated rings. The predicted molar refractivity (Wildman–Crippen MR) is 138 cm³/mol. The number of amides is 4. The van der Waals surface area contributed by atoms with E-state index in [0.29, 0.717) is 12.1 Å². The fourth-order valence-electron chi connectivity index (χ4n) is 4.70. The quantitative estimate of drug-likeness (QED) is 0.518. The summed E-state index contributed by atoms with van der Waals surface area (Å²) in [4.78, 5) is 54.1. The highest BCUT2D eigenvalue weighted by molar-refractivity contribution is 5.92. The monoisotopic (exact) mass is 527 g/mol. The standard InChI is InChI=1S/C27H34FN5O5/c1-18(21-8-6-5-7-9-21)16-30(3)26(37)23(14-25(35)36)32-19(2)33(31(4)17-24(32)34)27(38)29-15-20-10-12-22(28)13-11-20/h5-13,18-19,23H,14-17H2,1-4H3,(H,29,38)(H,35,36)/t18?,19-,23-/m0/s1. The molecule has 204 valence electrons. The fraction of sp³-hybridized carbons (Fsp3) is 0.407. The van der Waals surface area contributed by atoms with Gasteiger partial charge in [0.15, 0.2) is 0 Å². The molecule has 0 bridgehead atoms. The molecule has 3 atom stereocenters. The van der Waals surface area contributed by atoms with Crippen LogP contribution in [0.4, 0.5) is 9.18 Å². The van der Waals surface area contributed by atoms with E-state index in [1.807, 2.05) is 37.3 Å². The van der Waals surface area contributed by atoms with Gasteiger partial charge in [0.2, 0.25) is 11.8 Å². The van der Waals surface area contributed by atoms with Gasteiger partial charge in [0, 0.05) is 27.2 Å². The first kappa shape index (κ1) is 28.6. The number of hydrogen-bond acceptors (Lipinski definition) is 5. The second kappa shape index (κ2) is 12.5. The molecule has 2 aromatic carbocycles. The van der Waals surface area contributed by atoms with E-state index >= 15 is 0 Å². The van der Waals surface area contributed by atoms with Gasteiger partial charge < -0.3 is 20.2 Å². The first-order chi connectivity index (χ1) is 18.0. The molecule has 0 aromatic heterocycles. The normalized spacial score (nSPS) is 17.6. The van der Waals surface area contributed by atoms with Crippen LogP contribution >= 0.6 is 0 Å². The molecule has 1 aliphatic rings. The molecular weight excluding hydrogens is 493 g/mol. The van der Waals surface area contributed by atoms with Crippen molar-refractivity contribution < 1.29 is 28.7 Å². The Morgan fingerprint density at radius 1 is 1.13 bits per heavy atom. The van der Waals surface area contributed by atoms with Crippen LogP contribution in [0.15, 0.2) is 54.6 Å². The van der Waals surface area contributed by atoms with E-state index < -0.39 is 48.3 Å². The number of halogens is 1. The van der Waals surface area contributed by atoms with Crippen molar-refractivity contribution >= 4 is 23.8 Å². The third kappa shape index (κ3) is 6.86. The van der Waals surface area contributed by atoms with Gasteiger partial charge in [-0.15, -0.1) is 0 Å². The number of likely N-dealkylation sites (N-methyl/N-ethyl adjacent to an activating group) is 2. The fourth-order valence-corrected chi connectivity index (χ4v) is 4.70. The highest BCUT2D eigenvalue weighted by Gasteiger charge is 2.44. The second-order valence-corrected chi connectivity index (χ2v) is 9.52. The molecule has 1 aliphatic heterocycles. The van der Waals surface area contributed by atoms with E-state index in [0.717, 1.165) is 5.56 Å². The number of carboxylic acid groups (broad SMARTS) is 1. The highest BCUT2D eigenvalue weighted by Crippen LogP contribution is 2.23. The lowest BCUT2D eigenvalue weighted by molar-refractivity contribution is -0.173. The maximum absolute atomic E-state index is 13.5. The Kier molecular flexibility index (Phi) is 9.40. The summed E-state index contributed by atoms with van der Waals surface area (Å²) in [6, 6.07) is 13.4. The van der Waals surface area contributed by atoms with E-state index in [1.54, 1.807) is 33.2 Å². The van der Waals surface area contributed by atoms with Crippen LogP contribution in [0.25, 0.3) is 0 Å². The Morgan fingerprint density at radius 2 is 1.76 bits per heavy atom. The van der Waals surface area contributed by atoms with Crippen LogP contribution in [-0.2, 0) is 20.9 Å². The van der Waals surface area contributed by atoms with Crippen molar-refractivity contribution in [3.8, 4) is 0 Å². The SMILES string of the molecule is CC(CN(C)C(=O)[C@H](CC(=O)O)N1C(=O)CN(C)N(C(=O)NCc2ccc(F)cc2)[C@H]1C)c1ccccc1. The van der Waals surface area contributed by atoms with Gasteiger partial charge in [0.05, 0.1) is 13.0 Å². The minimum Gasteiger partial charge on any atom is -0.481 e. The number of rotatable bonds is 9. The molecule has 1 heterocycles. The van der Waals surface area contributed by atoms with Crippen molar-refractivity contribution in [1.29, 1.82) is 0 Å². The summed E-state index contributed by atoms with van der Waals surface area (Å²) < 4.78 is 13.2. The molecule has 0 saturated carbocycles. The van der Waals surface area contributed by atoms with Crippen LogP contribution in [0.5, 0.6) is 0 Å². The summed E-state index contributed by atoms with van der Waals surface area (Å²) >= 11 is 0. The second-order valence-electron chi connectivity index (χ2n) is 9.52. The molecule has 1 saturated heterocycles. The number of urea groups is 1. The van der Waals surface area contributed by atoms with Crippen LogP contribution in [0, 0.1) is 5.82 Å². The van der Waals surface area contributed by atoms with Gasteiger partial charge in [0.25, 0.3) is 0 Å². The van der Waals surface area contributed by atoms with Crippen LogP contribution in [0.3, 0.4) is 0 Å². The average molecular weight is 528 g/mol. The molecule has 0 radical (unpaired) electrons. The Labute approximate surface area is 221 Å². The number of nitrogens with zero attached hydrogens (tertiary/aromatic N) is 4. The number of aliphatic carboxylic acids is 1. The Bertz CT molecular complexity index is 1150. The van der Waals surface area contributed by atoms with E-state index in [1.165, 1.54) is 32.0 Å². The molecule has 2 N–H and O–H groups in total. The Morgan fingerprint density at radius 3 is 2.37 bits per heavy atom. The van der Waals surface area contributed by atoms with Gasteiger partial charge in [0.1, 0.15) is 18.0 Å². The lowest BCUT2D eigenvalue weighted by Gasteiger charge is -2.48. The van der Waals surface area contributed by atoms with Crippen molar-refractivity contribution in [1.82, 2.24) is 25.1 Å². The maximum atomic E-state index is 13.5. The van der Waals surface area contributed by atoms with Crippen LogP contribution in [0.2, 0.25) is 0 Å². The Hall–Kier alpha value is -3.99. The molecular formula is C27H34FN5O5. The summed E-state index contributed by atoms with van der Waals surface area (Å²) in [6.07, 6.45) is -1.55. The third-order valence-corrected chi connectivity index (χ3v) is 6.62. The minimum absolute atomic E-state index is 0.0232. The van der Waals surface area contributed by atoms with Crippen molar-refractivity contribution in [2.24, 2.45) is 0 Å². The Balaban J connectivity index is 1.78. The summed E-state index contributed by atoms with van der Waals surface area (Å²) in [6.45, 7) is 3.74. The summed E-state index contributed by atoms with van der Waals surface area (Å²) in [5, 5.41) is 15.0. The third-order valence-electron chi connectivity index (χ3n) is 6.62. The van der Waals surface area contributed by atoms with E-state index in [4.69, 9.17) is 0 Å². The van der Waals surface area contributed by atoms with E-state index in [2.05, 4.69) is 5.32 Å². The lowest BCUT2D eigenvalue weighted by atomic mass is 10.00. The molecule has 2 aromatic rings. The lowest BCUT2D eigenvalue weighted by Crippen LogP contribution is -2.69. The summed E-state index contributed by atoms with van der Waals surface area (Å²) in [5.74, 6) is -2.64.